The van der Waals surface area contributed by atoms with Crippen LogP contribution in [0.3, 0.4) is 0 Å². The fourth-order valence-corrected chi connectivity index (χ4v) is 3.68. The molecule has 0 radical (unpaired) electrons. The van der Waals surface area contributed by atoms with Crippen molar-refractivity contribution in [3.8, 4) is 5.75 Å². The van der Waals surface area contributed by atoms with Crippen LogP contribution in [0.25, 0.3) is 11.0 Å². The van der Waals surface area contributed by atoms with Crippen molar-refractivity contribution in [3.63, 3.8) is 0 Å². The molecule has 0 spiro atoms. The molecule has 0 bridgehead atoms. The Balaban J connectivity index is 1.68. The SMILES string of the molecule is COc1cccc(C(=O)C(Cn2nnc3ccccc32)OC(=O)c2ccc(Cl)cc2Cl)c1. The number of ether oxygens (including phenoxy) is 2. The number of carbonyl (C=O) groups excluding carboxylic acids is 2. The van der Waals surface area contributed by atoms with Crippen LogP contribution in [0.5, 0.6) is 5.75 Å². The molecule has 9 heteroatoms. The van der Waals surface area contributed by atoms with Crippen LogP contribution in [0.1, 0.15) is 20.7 Å². The number of Topliss-reactive ketones (excluding diaryl/α,β-unsaturated/α-hetero) is 1. The van der Waals surface area contributed by atoms with E-state index in [0.29, 0.717) is 27.4 Å². The van der Waals surface area contributed by atoms with Crippen LogP contribution in [0.2, 0.25) is 10.0 Å². The highest BCUT2D eigenvalue weighted by Gasteiger charge is 2.28. The third-order valence-electron chi connectivity index (χ3n) is 4.81. The first-order chi connectivity index (χ1) is 15.5. The number of carbonyl (C=O) groups is 2. The van der Waals surface area contributed by atoms with Crippen molar-refractivity contribution in [1.29, 1.82) is 0 Å². The highest BCUT2D eigenvalue weighted by Crippen LogP contribution is 2.23. The molecule has 0 fully saturated rings. The highest BCUT2D eigenvalue weighted by atomic mass is 35.5. The maximum Gasteiger partial charge on any atom is 0.340 e. The van der Waals surface area contributed by atoms with Crippen LogP contribution in [0.15, 0.2) is 66.7 Å². The number of hydrogen-bond donors (Lipinski definition) is 0. The van der Waals surface area contributed by atoms with E-state index < -0.39 is 17.9 Å². The van der Waals surface area contributed by atoms with Crippen molar-refractivity contribution < 1.29 is 19.1 Å². The summed E-state index contributed by atoms with van der Waals surface area (Å²) in [6, 6.07) is 18.3. The molecule has 1 aromatic heterocycles. The lowest BCUT2D eigenvalue weighted by molar-refractivity contribution is 0.0245. The quantitative estimate of drug-likeness (QED) is 0.284. The van der Waals surface area contributed by atoms with E-state index in [-0.39, 0.29) is 17.1 Å². The molecule has 1 heterocycles. The summed E-state index contributed by atoms with van der Waals surface area (Å²) >= 11 is 12.1. The summed E-state index contributed by atoms with van der Waals surface area (Å²) in [7, 11) is 1.51. The molecular weight excluding hydrogens is 453 g/mol. The van der Waals surface area contributed by atoms with Crippen molar-refractivity contribution >= 4 is 46.0 Å². The number of nitrogens with zero attached hydrogens (tertiary/aromatic N) is 3. The lowest BCUT2D eigenvalue weighted by Crippen LogP contribution is -2.32. The number of halogens is 2. The number of aromatic nitrogens is 3. The molecule has 0 N–H and O–H groups in total. The fourth-order valence-electron chi connectivity index (χ4n) is 3.19. The van der Waals surface area contributed by atoms with E-state index in [2.05, 4.69) is 10.3 Å². The Morgan fingerprint density at radius 3 is 2.62 bits per heavy atom. The first-order valence-corrected chi connectivity index (χ1v) is 10.3. The van der Waals surface area contributed by atoms with Gasteiger partial charge in [0.15, 0.2) is 6.10 Å². The minimum Gasteiger partial charge on any atom is -0.497 e. The van der Waals surface area contributed by atoms with Gasteiger partial charge in [0.25, 0.3) is 0 Å². The predicted octanol–water partition coefficient (Wildman–Crippen LogP) is 4.86. The molecule has 0 saturated carbocycles. The van der Waals surface area contributed by atoms with Crippen LogP contribution < -0.4 is 4.74 Å². The Kier molecular flexibility index (Phi) is 6.39. The summed E-state index contributed by atoms with van der Waals surface area (Å²) in [5, 5.41) is 8.71. The second-order valence-corrected chi connectivity index (χ2v) is 7.72. The van der Waals surface area contributed by atoms with Gasteiger partial charge in [-0.1, -0.05) is 52.7 Å². The second-order valence-electron chi connectivity index (χ2n) is 6.87. The lowest BCUT2D eigenvalue weighted by atomic mass is 10.1. The van der Waals surface area contributed by atoms with Gasteiger partial charge in [-0.3, -0.25) is 4.79 Å². The molecule has 162 valence electrons. The van der Waals surface area contributed by atoms with Crippen molar-refractivity contribution in [2.45, 2.75) is 12.6 Å². The van der Waals surface area contributed by atoms with Gasteiger partial charge in [0.1, 0.15) is 11.3 Å². The van der Waals surface area contributed by atoms with Gasteiger partial charge in [0.2, 0.25) is 5.78 Å². The van der Waals surface area contributed by atoms with Crippen LogP contribution in [-0.2, 0) is 11.3 Å². The summed E-state index contributed by atoms with van der Waals surface area (Å²) in [5.41, 5.74) is 1.79. The van der Waals surface area contributed by atoms with Gasteiger partial charge in [0.05, 0.1) is 29.8 Å². The average Bonchev–Trinajstić information content (AvgIpc) is 3.21. The number of methoxy groups -OCH3 is 1. The molecule has 1 unspecified atom stereocenters. The maximum absolute atomic E-state index is 13.3. The molecule has 0 saturated heterocycles. The molecule has 7 nitrogen and oxygen atoms in total. The Labute approximate surface area is 193 Å². The Bertz CT molecular complexity index is 1310. The third-order valence-corrected chi connectivity index (χ3v) is 5.35. The molecule has 0 amide bonds. The van der Waals surface area contributed by atoms with Gasteiger partial charge < -0.3 is 9.47 Å². The van der Waals surface area contributed by atoms with Gasteiger partial charge >= 0.3 is 5.97 Å². The molecular formula is C23H17Cl2N3O4. The summed E-state index contributed by atoms with van der Waals surface area (Å²) in [5.74, 6) is -0.660. The Hall–Kier alpha value is -3.42. The second kappa shape index (κ2) is 9.38. The fraction of sp³-hybridized carbons (Fsp3) is 0.130. The van der Waals surface area contributed by atoms with Crippen LogP contribution >= 0.6 is 23.2 Å². The number of rotatable bonds is 7. The predicted molar refractivity (Wildman–Crippen MR) is 121 cm³/mol. The average molecular weight is 470 g/mol. The van der Waals surface area contributed by atoms with E-state index in [0.717, 1.165) is 0 Å². The molecule has 32 heavy (non-hydrogen) atoms. The number of benzene rings is 3. The van der Waals surface area contributed by atoms with Gasteiger partial charge in [-0.15, -0.1) is 5.10 Å². The summed E-state index contributed by atoms with van der Waals surface area (Å²) < 4.78 is 12.4. The standard InChI is InChI=1S/C23H17Cl2N3O4/c1-31-16-6-4-5-14(11-16)22(29)21(13-28-20-8-3-2-7-19(20)26-27-28)32-23(30)17-10-9-15(24)12-18(17)25/h2-12,21H,13H2,1H3. The number of hydrogen-bond acceptors (Lipinski definition) is 6. The van der Waals surface area contributed by atoms with Crippen LogP contribution in [0.4, 0.5) is 0 Å². The molecule has 4 rings (SSSR count). The topological polar surface area (TPSA) is 83.3 Å². The molecule has 0 aliphatic rings. The molecule has 0 aliphatic heterocycles. The smallest absolute Gasteiger partial charge is 0.340 e. The number of esters is 1. The van der Waals surface area contributed by atoms with Gasteiger partial charge in [-0.05, 0) is 42.5 Å². The maximum atomic E-state index is 13.3. The van der Waals surface area contributed by atoms with Crippen LogP contribution in [-0.4, -0.2) is 40.0 Å². The normalized spacial score (nSPS) is 11.8. The first kappa shape index (κ1) is 21.8. The summed E-state index contributed by atoms with van der Waals surface area (Å²) in [6.07, 6.45) is -1.19. The van der Waals surface area contributed by atoms with Crippen molar-refractivity contribution in [2.75, 3.05) is 7.11 Å². The lowest BCUT2D eigenvalue weighted by Gasteiger charge is -2.18. The number of fused-ring (bicyclic) bond motifs is 1. The van der Waals surface area contributed by atoms with E-state index in [4.69, 9.17) is 32.7 Å². The zero-order chi connectivity index (χ0) is 22.7. The molecule has 0 aliphatic carbocycles. The van der Waals surface area contributed by atoms with E-state index >= 15 is 0 Å². The van der Waals surface area contributed by atoms with Crippen molar-refractivity contribution in [1.82, 2.24) is 15.0 Å². The minimum atomic E-state index is -1.19. The van der Waals surface area contributed by atoms with Crippen molar-refractivity contribution in [2.24, 2.45) is 0 Å². The Morgan fingerprint density at radius 2 is 1.84 bits per heavy atom. The highest BCUT2D eigenvalue weighted by molar-refractivity contribution is 6.36. The van der Waals surface area contributed by atoms with E-state index in [9.17, 15) is 9.59 Å². The van der Waals surface area contributed by atoms with Gasteiger partial charge in [-0.25, -0.2) is 9.48 Å². The Morgan fingerprint density at radius 1 is 1.03 bits per heavy atom. The summed E-state index contributed by atoms with van der Waals surface area (Å²) in [6.45, 7) is -0.0342. The van der Waals surface area contributed by atoms with E-state index in [1.807, 2.05) is 18.2 Å². The van der Waals surface area contributed by atoms with E-state index in [1.165, 1.54) is 30.0 Å². The van der Waals surface area contributed by atoms with Crippen LogP contribution in [0, 0.1) is 0 Å². The number of ketones is 1. The molecule has 4 aromatic rings. The zero-order valence-electron chi connectivity index (χ0n) is 16.9. The number of para-hydroxylation sites is 1. The van der Waals surface area contributed by atoms with Gasteiger partial charge in [0, 0.05) is 10.6 Å². The van der Waals surface area contributed by atoms with E-state index in [1.54, 1.807) is 30.3 Å². The molecule has 3 aromatic carbocycles. The third kappa shape index (κ3) is 4.59. The summed E-state index contributed by atoms with van der Waals surface area (Å²) in [4.78, 5) is 26.2. The van der Waals surface area contributed by atoms with Crippen molar-refractivity contribution in [3.05, 3.63) is 87.9 Å². The first-order valence-electron chi connectivity index (χ1n) is 9.59. The van der Waals surface area contributed by atoms with Gasteiger partial charge in [-0.2, -0.15) is 0 Å². The largest absolute Gasteiger partial charge is 0.497 e. The minimum absolute atomic E-state index is 0.0342. The monoisotopic (exact) mass is 469 g/mol. The zero-order valence-corrected chi connectivity index (χ0v) is 18.4. The molecule has 1 atom stereocenters.